The minimum absolute atomic E-state index is 0.368. The zero-order valence-electron chi connectivity index (χ0n) is 12.3. The Balaban J connectivity index is 2.27. The first-order chi connectivity index (χ1) is 9.76. The van der Waals surface area contributed by atoms with Gasteiger partial charge in [0.2, 0.25) is 0 Å². The van der Waals surface area contributed by atoms with Crippen LogP contribution in [0, 0.1) is 0 Å². The molecule has 0 heterocycles. The van der Waals surface area contributed by atoms with E-state index in [4.69, 9.17) is 4.74 Å². The van der Waals surface area contributed by atoms with Crippen molar-refractivity contribution in [1.82, 2.24) is 0 Å². The summed E-state index contributed by atoms with van der Waals surface area (Å²) < 4.78 is 9.35. The molecule has 0 aliphatic rings. The van der Waals surface area contributed by atoms with Crippen LogP contribution in [0.15, 0.2) is 37.1 Å². The van der Waals surface area contributed by atoms with E-state index in [0.29, 0.717) is 6.61 Å². The molecule has 0 aromatic heterocycles. The zero-order chi connectivity index (χ0) is 14.6. The normalized spacial score (nSPS) is 10.1. The number of ether oxygens (including phenoxy) is 2. The highest BCUT2D eigenvalue weighted by Gasteiger charge is 2.01. The molecule has 0 radical (unpaired) electrons. The van der Waals surface area contributed by atoms with E-state index in [-0.39, 0.29) is 0 Å². The van der Waals surface area contributed by atoms with Gasteiger partial charge in [0.25, 0.3) is 0 Å². The molecule has 0 aliphatic carbocycles. The Morgan fingerprint density at radius 3 is 2.55 bits per heavy atom. The Morgan fingerprint density at radius 2 is 1.90 bits per heavy atom. The Morgan fingerprint density at radius 1 is 1.20 bits per heavy atom. The van der Waals surface area contributed by atoms with Crippen LogP contribution in [0.2, 0.25) is 0 Å². The van der Waals surface area contributed by atoms with Gasteiger partial charge in [-0.05, 0) is 36.8 Å². The Bertz CT molecular complexity index is 412. The number of carbonyl (C=O) groups excluding carboxylic acids is 1. The molecule has 110 valence electrons. The van der Waals surface area contributed by atoms with E-state index < -0.39 is 6.16 Å². The maximum absolute atomic E-state index is 10.9. The van der Waals surface area contributed by atoms with Gasteiger partial charge in [-0.15, -0.1) is 0 Å². The minimum atomic E-state index is -0.687. The van der Waals surface area contributed by atoms with E-state index in [1.807, 2.05) is 0 Å². The van der Waals surface area contributed by atoms with Crippen molar-refractivity contribution >= 4 is 6.16 Å². The summed E-state index contributed by atoms with van der Waals surface area (Å²) in [6, 6.07) is 8.64. The number of unbranched alkanes of at least 4 members (excludes halogenated alkanes) is 2. The topological polar surface area (TPSA) is 35.5 Å². The summed E-state index contributed by atoms with van der Waals surface area (Å²) in [5, 5.41) is 0. The van der Waals surface area contributed by atoms with Gasteiger partial charge in [0.15, 0.2) is 0 Å². The summed E-state index contributed by atoms with van der Waals surface area (Å²) in [6.45, 7) is 5.88. The molecule has 3 nitrogen and oxygen atoms in total. The van der Waals surface area contributed by atoms with E-state index in [9.17, 15) is 4.79 Å². The average Bonchev–Trinajstić information content (AvgIpc) is 2.45. The van der Waals surface area contributed by atoms with Crippen molar-refractivity contribution in [2.24, 2.45) is 0 Å². The highest BCUT2D eigenvalue weighted by Crippen LogP contribution is 2.11. The van der Waals surface area contributed by atoms with Crippen LogP contribution in [0.4, 0.5) is 4.79 Å². The third-order valence-electron chi connectivity index (χ3n) is 3.07. The lowest BCUT2D eigenvalue weighted by molar-refractivity contribution is 0.0840. The second-order valence-corrected chi connectivity index (χ2v) is 4.76. The molecular weight excluding hydrogens is 252 g/mol. The van der Waals surface area contributed by atoms with E-state index in [0.717, 1.165) is 25.5 Å². The van der Waals surface area contributed by atoms with Crippen molar-refractivity contribution in [3.63, 3.8) is 0 Å². The molecule has 0 amide bonds. The molecule has 0 bridgehead atoms. The maximum atomic E-state index is 10.9. The lowest BCUT2D eigenvalue weighted by atomic mass is 10.0. The van der Waals surface area contributed by atoms with Gasteiger partial charge in [0, 0.05) is 0 Å². The molecule has 20 heavy (non-hydrogen) atoms. The first-order valence-corrected chi connectivity index (χ1v) is 7.28. The van der Waals surface area contributed by atoms with Gasteiger partial charge in [0.05, 0.1) is 12.9 Å². The SMILES string of the molecule is C=COC(=O)OCCCc1cccc(CCCCC)c1. The number of carbonyl (C=O) groups is 1. The van der Waals surface area contributed by atoms with Gasteiger partial charge < -0.3 is 9.47 Å². The first kappa shape index (κ1) is 16.3. The van der Waals surface area contributed by atoms with Gasteiger partial charge in [0.1, 0.15) is 0 Å². The van der Waals surface area contributed by atoms with Crippen molar-refractivity contribution in [2.75, 3.05) is 6.61 Å². The molecule has 0 unspecified atom stereocenters. The van der Waals surface area contributed by atoms with Crippen LogP contribution in [0.25, 0.3) is 0 Å². The van der Waals surface area contributed by atoms with Gasteiger partial charge in [-0.1, -0.05) is 50.6 Å². The maximum Gasteiger partial charge on any atom is 0.513 e. The fraction of sp³-hybridized carbons (Fsp3) is 0.471. The smallest absolute Gasteiger partial charge is 0.434 e. The van der Waals surface area contributed by atoms with Crippen molar-refractivity contribution in [3.05, 3.63) is 48.2 Å². The van der Waals surface area contributed by atoms with Crippen LogP contribution >= 0.6 is 0 Å². The number of hydrogen-bond acceptors (Lipinski definition) is 3. The second-order valence-electron chi connectivity index (χ2n) is 4.76. The highest BCUT2D eigenvalue weighted by molar-refractivity contribution is 5.60. The Hall–Kier alpha value is -1.77. The van der Waals surface area contributed by atoms with Crippen molar-refractivity contribution in [3.8, 4) is 0 Å². The van der Waals surface area contributed by atoms with E-state index in [1.54, 1.807) is 0 Å². The third kappa shape index (κ3) is 6.98. The summed E-state index contributed by atoms with van der Waals surface area (Å²) in [6.07, 6.45) is 7.01. The van der Waals surface area contributed by atoms with Crippen LogP contribution in [0.1, 0.15) is 43.7 Å². The fourth-order valence-electron chi connectivity index (χ4n) is 2.05. The molecule has 0 atom stereocenters. The quantitative estimate of drug-likeness (QED) is 0.374. The van der Waals surface area contributed by atoms with Crippen LogP contribution in [0.5, 0.6) is 0 Å². The lowest BCUT2D eigenvalue weighted by Crippen LogP contribution is -2.05. The van der Waals surface area contributed by atoms with Crippen molar-refractivity contribution in [2.45, 2.75) is 45.4 Å². The molecule has 3 heteroatoms. The molecule has 0 saturated carbocycles. The number of rotatable bonds is 9. The first-order valence-electron chi connectivity index (χ1n) is 7.28. The number of hydrogen-bond donors (Lipinski definition) is 0. The predicted octanol–water partition coefficient (Wildman–Crippen LogP) is 4.65. The van der Waals surface area contributed by atoms with Gasteiger partial charge >= 0.3 is 6.16 Å². The molecule has 0 fully saturated rings. The monoisotopic (exact) mass is 276 g/mol. The molecule has 1 rings (SSSR count). The third-order valence-corrected chi connectivity index (χ3v) is 3.07. The highest BCUT2D eigenvalue weighted by atomic mass is 16.7. The zero-order valence-corrected chi connectivity index (χ0v) is 12.3. The number of aryl methyl sites for hydroxylation is 2. The molecule has 1 aromatic carbocycles. The molecular formula is C17H24O3. The molecule has 0 aliphatic heterocycles. The molecule has 1 aromatic rings. The lowest BCUT2D eigenvalue weighted by Gasteiger charge is -2.06. The van der Waals surface area contributed by atoms with Crippen molar-refractivity contribution < 1.29 is 14.3 Å². The molecule has 0 spiro atoms. The standard InChI is InChI=1S/C17H24O3/c1-3-5-6-9-15-10-7-11-16(14-15)12-8-13-20-17(18)19-4-2/h4,7,10-11,14H,2-3,5-6,8-9,12-13H2,1H3. The minimum Gasteiger partial charge on any atom is -0.434 e. The van der Waals surface area contributed by atoms with Crippen molar-refractivity contribution in [1.29, 1.82) is 0 Å². The van der Waals surface area contributed by atoms with Crippen LogP contribution in [-0.2, 0) is 22.3 Å². The summed E-state index contributed by atoms with van der Waals surface area (Å²) in [5.74, 6) is 0. The van der Waals surface area contributed by atoms with Crippen LogP contribution < -0.4 is 0 Å². The largest absolute Gasteiger partial charge is 0.513 e. The van der Waals surface area contributed by atoms with Gasteiger partial charge in [-0.25, -0.2) is 4.79 Å². The van der Waals surface area contributed by atoms with E-state index >= 15 is 0 Å². The van der Waals surface area contributed by atoms with E-state index in [2.05, 4.69) is 42.5 Å². The fourth-order valence-corrected chi connectivity index (χ4v) is 2.05. The van der Waals surface area contributed by atoms with E-state index in [1.165, 1.54) is 30.4 Å². The summed E-state index contributed by atoms with van der Waals surface area (Å²) in [5.41, 5.74) is 2.68. The summed E-state index contributed by atoms with van der Waals surface area (Å²) >= 11 is 0. The second kappa shape index (κ2) is 10.1. The number of benzene rings is 1. The van der Waals surface area contributed by atoms with Crippen LogP contribution in [0.3, 0.4) is 0 Å². The Labute approximate surface area is 121 Å². The van der Waals surface area contributed by atoms with Gasteiger partial charge in [-0.3, -0.25) is 0 Å². The molecule has 0 N–H and O–H groups in total. The van der Waals surface area contributed by atoms with Crippen LogP contribution in [-0.4, -0.2) is 12.8 Å². The molecule has 0 saturated heterocycles. The Kier molecular flexibility index (Phi) is 8.20. The van der Waals surface area contributed by atoms with Gasteiger partial charge in [-0.2, -0.15) is 0 Å². The summed E-state index contributed by atoms with van der Waals surface area (Å²) in [4.78, 5) is 10.9. The summed E-state index contributed by atoms with van der Waals surface area (Å²) in [7, 11) is 0. The average molecular weight is 276 g/mol. The predicted molar refractivity (Wildman–Crippen MR) is 80.6 cm³/mol.